The molecule has 104 valence electrons. The van der Waals surface area contributed by atoms with Gasteiger partial charge in [-0.25, -0.2) is 0 Å². The smallest absolute Gasteiger partial charge is 0.120 e. The second-order valence-corrected chi connectivity index (χ2v) is 5.79. The quantitative estimate of drug-likeness (QED) is 0.799. The molecule has 1 aromatic carbocycles. The van der Waals surface area contributed by atoms with E-state index in [1.807, 2.05) is 6.07 Å². The molecule has 0 atom stereocenters. The first-order valence-electron chi connectivity index (χ1n) is 7.60. The lowest BCUT2D eigenvalue weighted by Crippen LogP contribution is -2.43. The van der Waals surface area contributed by atoms with Crippen molar-refractivity contribution in [1.29, 1.82) is 0 Å². The van der Waals surface area contributed by atoms with Crippen molar-refractivity contribution in [3.05, 3.63) is 28.8 Å². The Morgan fingerprint density at radius 1 is 1.05 bits per heavy atom. The minimum atomic E-state index is 0.499. The lowest BCUT2D eigenvalue weighted by Gasteiger charge is -2.28. The molecule has 0 aromatic heterocycles. The van der Waals surface area contributed by atoms with Crippen molar-refractivity contribution < 1.29 is 5.11 Å². The van der Waals surface area contributed by atoms with Crippen LogP contribution in [0.5, 0.6) is 5.75 Å². The third-order valence-electron chi connectivity index (χ3n) is 4.47. The second kappa shape index (κ2) is 5.93. The second-order valence-electron chi connectivity index (χ2n) is 5.79. The number of aryl methyl sites for hydroxylation is 1. The van der Waals surface area contributed by atoms with Gasteiger partial charge in [0, 0.05) is 38.3 Å². The molecule has 3 heteroatoms. The van der Waals surface area contributed by atoms with Crippen LogP contribution >= 0.6 is 0 Å². The Morgan fingerprint density at radius 3 is 2.68 bits per heavy atom. The van der Waals surface area contributed by atoms with Crippen molar-refractivity contribution in [3.63, 3.8) is 0 Å². The summed E-state index contributed by atoms with van der Waals surface area (Å²) < 4.78 is 0. The van der Waals surface area contributed by atoms with Gasteiger partial charge in [0.05, 0.1) is 0 Å². The number of hydrogen-bond acceptors (Lipinski definition) is 3. The predicted molar refractivity (Wildman–Crippen MR) is 77.5 cm³/mol. The highest BCUT2D eigenvalue weighted by Gasteiger charge is 2.18. The molecule has 1 saturated heterocycles. The zero-order valence-corrected chi connectivity index (χ0v) is 11.6. The Balaban J connectivity index is 1.86. The molecule has 0 bridgehead atoms. The van der Waals surface area contributed by atoms with Gasteiger partial charge >= 0.3 is 0 Å². The summed E-state index contributed by atoms with van der Waals surface area (Å²) in [5, 5.41) is 13.6. The molecule has 2 aliphatic rings. The van der Waals surface area contributed by atoms with Crippen LogP contribution in [0.15, 0.2) is 12.1 Å². The first kappa shape index (κ1) is 12.9. The van der Waals surface area contributed by atoms with Crippen LogP contribution in [0.25, 0.3) is 0 Å². The molecular formula is C16H24N2O. The molecule has 2 N–H and O–H groups in total. The van der Waals surface area contributed by atoms with Gasteiger partial charge in [-0.1, -0.05) is 12.5 Å². The fourth-order valence-corrected chi connectivity index (χ4v) is 3.34. The van der Waals surface area contributed by atoms with Gasteiger partial charge in [-0.05, 0) is 42.9 Å². The molecular weight excluding hydrogens is 236 g/mol. The maximum absolute atomic E-state index is 10.2. The van der Waals surface area contributed by atoms with E-state index in [9.17, 15) is 5.11 Å². The number of phenols is 1. The van der Waals surface area contributed by atoms with E-state index < -0.39 is 0 Å². The molecule has 19 heavy (non-hydrogen) atoms. The van der Waals surface area contributed by atoms with E-state index in [4.69, 9.17) is 0 Å². The normalized spacial score (nSPS) is 20.8. The standard InChI is InChI=1S/C16H24N2O/c19-16-7-6-13-4-2-1-3-5-14(13)15(16)12-18-10-8-17-9-11-18/h6-7,17,19H,1-5,8-12H2. The number of nitrogens with zero attached hydrogens (tertiary/aromatic N) is 1. The van der Waals surface area contributed by atoms with Crippen LogP contribution in [0.1, 0.15) is 36.0 Å². The minimum absolute atomic E-state index is 0.499. The van der Waals surface area contributed by atoms with Crippen molar-refractivity contribution in [2.24, 2.45) is 0 Å². The summed E-state index contributed by atoms with van der Waals surface area (Å²) in [6, 6.07) is 4.04. The Kier molecular flexibility index (Phi) is 4.04. The first-order chi connectivity index (χ1) is 9.34. The van der Waals surface area contributed by atoms with E-state index >= 15 is 0 Å². The number of rotatable bonds is 2. The number of fused-ring (bicyclic) bond motifs is 1. The van der Waals surface area contributed by atoms with Gasteiger partial charge in [-0.3, -0.25) is 4.90 Å². The van der Waals surface area contributed by atoms with Crippen molar-refractivity contribution in [1.82, 2.24) is 10.2 Å². The molecule has 1 fully saturated rings. The summed E-state index contributed by atoms with van der Waals surface area (Å²) in [7, 11) is 0. The number of aromatic hydroxyl groups is 1. The molecule has 1 aliphatic heterocycles. The molecule has 0 saturated carbocycles. The Morgan fingerprint density at radius 2 is 1.84 bits per heavy atom. The first-order valence-corrected chi connectivity index (χ1v) is 7.60. The molecule has 0 unspecified atom stereocenters. The Hall–Kier alpha value is -1.06. The van der Waals surface area contributed by atoms with Crippen LogP contribution in [-0.2, 0) is 19.4 Å². The van der Waals surface area contributed by atoms with Gasteiger partial charge in [0.15, 0.2) is 0 Å². The van der Waals surface area contributed by atoms with E-state index in [0.29, 0.717) is 5.75 Å². The van der Waals surface area contributed by atoms with Gasteiger partial charge in [0.1, 0.15) is 5.75 Å². The summed E-state index contributed by atoms with van der Waals surface area (Å²) in [4.78, 5) is 2.46. The topological polar surface area (TPSA) is 35.5 Å². The third-order valence-corrected chi connectivity index (χ3v) is 4.47. The van der Waals surface area contributed by atoms with Crippen LogP contribution < -0.4 is 5.32 Å². The van der Waals surface area contributed by atoms with E-state index in [2.05, 4.69) is 16.3 Å². The zero-order valence-electron chi connectivity index (χ0n) is 11.6. The van der Waals surface area contributed by atoms with Crippen LogP contribution in [0.2, 0.25) is 0 Å². The average molecular weight is 260 g/mol. The average Bonchev–Trinajstić information content (AvgIpc) is 2.69. The van der Waals surface area contributed by atoms with Gasteiger partial charge in [-0.2, -0.15) is 0 Å². The molecule has 0 amide bonds. The highest BCUT2D eigenvalue weighted by molar-refractivity contribution is 5.45. The molecule has 3 rings (SSSR count). The van der Waals surface area contributed by atoms with Crippen molar-refractivity contribution in [2.75, 3.05) is 26.2 Å². The number of phenolic OH excluding ortho intramolecular Hbond substituents is 1. The number of piperazine rings is 1. The highest BCUT2D eigenvalue weighted by atomic mass is 16.3. The van der Waals surface area contributed by atoms with E-state index in [1.54, 1.807) is 0 Å². The largest absolute Gasteiger partial charge is 0.508 e. The van der Waals surface area contributed by atoms with Crippen LogP contribution in [-0.4, -0.2) is 36.2 Å². The van der Waals surface area contributed by atoms with Crippen molar-refractivity contribution in [3.8, 4) is 5.75 Å². The lowest BCUT2D eigenvalue weighted by molar-refractivity contribution is 0.230. The molecule has 0 radical (unpaired) electrons. The maximum atomic E-state index is 10.2. The predicted octanol–water partition coefficient (Wildman–Crippen LogP) is 2.07. The highest BCUT2D eigenvalue weighted by Crippen LogP contribution is 2.30. The zero-order chi connectivity index (χ0) is 13.1. The van der Waals surface area contributed by atoms with Gasteiger partial charge in [-0.15, -0.1) is 0 Å². The minimum Gasteiger partial charge on any atom is -0.508 e. The summed E-state index contributed by atoms with van der Waals surface area (Å²) in [5.41, 5.74) is 4.11. The fraction of sp³-hybridized carbons (Fsp3) is 0.625. The number of benzene rings is 1. The van der Waals surface area contributed by atoms with Gasteiger partial charge in [0.2, 0.25) is 0 Å². The molecule has 1 aliphatic carbocycles. The Labute approximate surface area is 115 Å². The molecule has 1 heterocycles. The summed E-state index contributed by atoms with van der Waals surface area (Å²) in [5.74, 6) is 0.499. The summed E-state index contributed by atoms with van der Waals surface area (Å²) >= 11 is 0. The fourth-order valence-electron chi connectivity index (χ4n) is 3.34. The monoisotopic (exact) mass is 260 g/mol. The number of hydrogen-bond donors (Lipinski definition) is 2. The van der Waals surface area contributed by atoms with E-state index in [1.165, 1.54) is 42.4 Å². The van der Waals surface area contributed by atoms with Crippen LogP contribution in [0.4, 0.5) is 0 Å². The summed E-state index contributed by atoms with van der Waals surface area (Å²) in [6.45, 7) is 5.22. The lowest BCUT2D eigenvalue weighted by atomic mass is 9.95. The van der Waals surface area contributed by atoms with Crippen molar-refractivity contribution >= 4 is 0 Å². The van der Waals surface area contributed by atoms with E-state index in [-0.39, 0.29) is 0 Å². The third kappa shape index (κ3) is 2.93. The van der Waals surface area contributed by atoms with E-state index in [0.717, 1.165) is 39.1 Å². The maximum Gasteiger partial charge on any atom is 0.120 e. The Bertz CT molecular complexity index is 439. The molecule has 1 aromatic rings. The van der Waals surface area contributed by atoms with Crippen molar-refractivity contribution in [2.45, 2.75) is 38.6 Å². The molecule has 3 nitrogen and oxygen atoms in total. The van der Waals surface area contributed by atoms with Crippen LogP contribution in [0, 0.1) is 0 Å². The molecule has 0 spiro atoms. The SMILES string of the molecule is Oc1ccc2c(c1CN1CCNCC1)CCCCC2. The van der Waals surface area contributed by atoms with Gasteiger partial charge in [0.25, 0.3) is 0 Å². The van der Waals surface area contributed by atoms with Gasteiger partial charge < -0.3 is 10.4 Å². The summed E-state index contributed by atoms with van der Waals surface area (Å²) in [6.07, 6.45) is 6.22. The number of nitrogens with one attached hydrogen (secondary N) is 1. The van der Waals surface area contributed by atoms with Crippen LogP contribution in [0.3, 0.4) is 0 Å².